The lowest BCUT2D eigenvalue weighted by atomic mass is 9.93. The molecule has 1 aliphatic rings. The van der Waals surface area contributed by atoms with Crippen LogP contribution in [-0.4, -0.2) is 12.6 Å². The number of hydrogen-bond acceptors (Lipinski definition) is 2. The van der Waals surface area contributed by atoms with Crippen molar-refractivity contribution in [2.45, 2.75) is 64.8 Å². The van der Waals surface area contributed by atoms with Gasteiger partial charge in [0.05, 0.1) is 0 Å². The van der Waals surface area contributed by atoms with E-state index in [9.17, 15) is 0 Å². The lowest BCUT2D eigenvalue weighted by Crippen LogP contribution is -2.31. The average molecular weight is 277 g/mol. The van der Waals surface area contributed by atoms with Gasteiger partial charge in [0.25, 0.3) is 0 Å². The molecule has 1 N–H and O–H groups in total. The van der Waals surface area contributed by atoms with Crippen molar-refractivity contribution in [3.8, 4) is 0 Å². The van der Waals surface area contributed by atoms with Gasteiger partial charge < -0.3 is 5.32 Å². The highest BCUT2D eigenvalue weighted by atomic mass is 32.1. The maximum Gasteiger partial charge on any atom is 0.0152 e. The van der Waals surface area contributed by atoms with Gasteiger partial charge in [0.15, 0.2) is 0 Å². The Kier molecular flexibility index (Phi) is 6.12. The second kappa shape index (κ2) is 7.86. The smallest absolute Gasteiger partial charge is 0.0152 e. The summed E-state index contributed by atoms with van der Waals surface area (Å²) in [7, 11) is 0. The zero-order valence-electron chi connectivity index (χ0n) is 12.4. The van der Waals surface area contributed by atoms with Crippen molar-refractivity contribution >= 4 is 11.3 Å². The molecule has 1 aliphatic carbocycles. The van der Waals surface area contributed by atoms with E-state index in [1.807, 2.05) is 11.3 Å². The Morgan fingerprint density at radius 2 is 2.00 bits per heavy atom. The van der Waals surface area contributed by atoms with Crippen molar-refractivity contribution < 1.29 is 0 Å². The third kappa shape index (κ3) is 4.77. The summed E-state index contributed by atoms with van der Waals surface area (Å²) in [4.78, 5) is 3.06. The van der Waals surface area contributed by atoms with E-state index in [4.69, 9.17) is 0 Å². The van der Waals surface area contributed by atoms with Gasteiger partial charge in [-0.15, -0.1) is 11.3 Å². The molecule has 19 heavy (non-hydrogen) atoms. The maximum absolute atomic E-state index is 3.67. The van der Waals surface area contributed by atoms with Crippen molar-refractivity contribution in [1.29, 1.82) is 0 Å². The van der Waals surface area contributed by atoms with Gasteiger partial charge in [-0.05, 0) is 63.6 Å². The molecule has 106 valence electrons. The first-order valence-electron chi connectivity index (χ1n) is 7.80. The molecule has 0 aliphatic heterocycles. The van der Waals surface area contributed by atoms with Crippen molar-refractivity contribution in [1.82, 2.24) is 5.32 Å². The highest BCUT2D eigenvalue weighted by Gasteiger charge is 2.13. The van der Waals surface area contributed by atoms with E-state index in [0.717, 1.165) is 6.54 Å². The number of rotatable bonds is 7. The summed E-state index contributed by atoms with van der Waals surface area (Å²) in [6, 6.07) is 5.24. The summed E-state index contributed by atoms with van der Waals surface area (Å²) in [5.74, 6) is 0. The van der Waals surface area contributed by atoms with Crippen LogP contribution in [0.3, 0.4) is 0 Å². The quantitative estimate of drug-likeness (QED) is 0.711. The van der Waals surface area contributed by atoms with Gasteiger partial charge in [0.2, 0.25) is 0 Å². The number of thiophene rings is 1. The molecule has 0 spiro atoms. The van der Waals surface area contributed by atoms with E-state index in [2.05, 4.69) is 37.4 Å². The van der Waals surface area contributed by atoms with Crippen molar-refractivity contribution in [3.05, 3.63) is 33.5 Å². The van der Waals surface area contributed by atoms with E-state index in [0.29, 0.717) is 6.04 Å². The van der Waals surface area contributed by atoms with Crippen LogP contribution in [0.15, 0.2) is 23.8 Å². The second-order valence-electron chi connectivity index (χ2n) is 5.49. The molecule has 1 nitrogen and oxygen atoms in total. The van der Waals surface area contributed by atoms with Gasteiger partial charge in [-0.25, -0.2) is 0 Å². The summed E-state index contributed by atoms with van der Waals surface area (Å²) < 4.78 is 0. The van der Waals surface area contributed by atoms with Crippen LogP contribution in [0.25, 0.3) is 0 Å². The average Bonchev–Trinajstić information content (AvgIpc) is 2.88. The van der Waals surface area contributed by atoms with Crippen LogP contribution >= 0.6 is 11.3 Å². The fourth-order valence-corrected chi connectivity index (χ4v) is 3.91. The summed E-state index contributed by atoms with van der Waals surface area (Å²) >= 11 is 1.99. The molecule has 1 aromatic rings. The largest absolute Gasteiger partial charge is 0.314 e. The summed E-state index contributed by atoms with van der Waals surface area (Å²) in [6.07, 6.45) is 11.5. The Morgan fingerprint density at radius 3 is 2.63 bits per heavy atom. The number of allylic oxidation sites excluding steroid dienone is 1. The first-order valence-corrected chi connectivity index (χ1v) is 8.62. The molecule has 2 rings (SSSR count). The molecular weight excluding hydrogens is 250 g/mol. The molecule has 0 aromatic carbocycles. The summed E-state index contributed by atoms with van der Waals surface area (Å²) in [5.41, 5.74) is 1.68. The van der Waals surface area contributed by atoms with Crippen LogP contribution in [0.5, 0.6) is 0 Å². The molecule has 1 unspecified atom stereocenters. The number of aryl methyl sites for hydroxylation is 1. The lowest BCUT2D eigenvalue weighted by molar-refractivity contribution is 0.507. The van der Waals surface area contributed by atoms with Gasteiger partial charge in [-0.2, -0.15) is 0 Å². The van der Waals surface area contributed by atoms with Crippen molar-refractivity contribution in [2.75, 3.05) is 6.54 Å². The van der Waals surface area contributed by atoms with E-state index in [1.54, 1.807) is 10.5 Å². The van der Waals surface area contributed by atoms with Crippen molar-refractivity contribution in [3.63, 3.8) is 0 Å². The third-order valence-corrected chi connectivity index (χ3v) is 5.15. The molecule has 0 amide bonds. The highest BCUT2D eigenvalue weighted by Crippen LogP contribution is 2.24. The molecule has 2 heteroatoms. The third-order valence-electron chi connectivity index (χ3n) is 3.90. The Balaban J connectivity index is 1.93. The summed E-state index contributed by atoms with van der Waals surface area (Å²) in [6.45, 7) is 5.53. The van der Waals surface area contributed by atoms with Crippen LogP contribution in [0.1, 0.15) is 55.7 Å². The number of likely N-dealkylation sites (N-methyl/N-ethyl adjacent to an activating group) is 1. The minimum Gasteiger partial charge on any atom is -0.314 e. The molecule has 0 radical (unpaired) electrons. The lowest BCUT2D eigenvalue weighted by Gasteiger charge is -2.21. The van der Waals surface area contributed by atoms with Crippen LogP contribution in [0, 0.1) is 0 Å². The molecule has 1 atom stereocenters. The molecule has 1 heterocycles. The van der Waals surface area contributed by atoms with Crippen LogP contribution in [0.4, 0.5) is 0 Å². The molecule has 0 saturated carbocycles. The maximum atomic E-state index is 3.67. The Morgan fingerprint density at radius 1 is 1.16 bits per heavy atom. The molecule has 0 saturated heterocycles. The minimum absolute atomic E-state index is 0.623. The van der Waals surface area contributed by atoms with E-state index in [-0.39, 0.29) is 0 Å². The van der Waals surface area contributed by atoms with E-state index < -0.39 is 0 Å². The first kappa shape index (κ1) is 14.8. The fraction of sp³-hybridized carbons (Fsp3) is 0.647. The highest BCUT2D eigenvalue weighted by molar-refractivity contribution is 7.11. The van der Waals surface area contributed by atoms with Crippen molar-refractivity contribution in [2.24, 2.45) is 0 Å². The molecule has 1 aromatic heterocycles. The van der Waals surface area contributed by atoms with Crippen LogP contribution in [0.2, 0.25) is 0 Å². The van der Waals surface area contributed by atoms with Gasteiger partial charge in [-0.3, -0.25) is 0 Å². The van der Waals surface area contributed by atoms with Gasteiger partial charge in [0.1, 0.15) is 0 Å². The first-order chi connectivity index (χ1) is 9.31. The number of hydrogen-bond donors (Lipinski definition) is 1. The van der Waals surface area contributed by atoms with Crippen LogP contribution in [-0.2, 0) is 12.8 Å². The topological polar surface area (TPSA) is 12.0 Å². The number of nitrogens with one attached hydrogen (secondary N) is 1. The van der Waals surface area contributed by atoms with Gasteiger partial charge in [0, 0.05) is 15.8 Å². The van der Waals surface area contributed by atoms with Gasteiger partial charge >= 0.3 is 0 Å². The zero-order valence-corrected chi connectivity index (χ0v) is 13.2. The Hall–Kier alpha value is -0.600. The standard InChI is InChI=1S/C17H27NS/c1-3-16-10-11-17(19-16)13-15(18-4-2)12-14-8-6-5-7-9-14/h8,10-11,15,18H,3-7,9,12-13H2,1-2H3. The molecule has 0 bridgehead atoms. The molecule has 0 fully saturated rings. The normalized spacial score (nSPS) is 17.3. The predicted octanol–water partition coefficient (Wildman–Crippen LogP) is 4.72. The zero-order chi connectivity index (χ0) is 13.5. The predicted molar refractivity (Wildman–Crippen MR) is 86.0 cm³/mol. The molecular formula is C17H27NS. The Bertz CT molecular complexity index is 405. The SMILES string of the molecule is CCNC(CC1=CCCCC1)Cc1ccc(CC)s1. The monoisotopic (exact) mass is 277 g/mol. The fourth-order valence-electron chi connectivity index (χ4n) is 2.88. The van der Waals surface area contributed by atoms with Crippen LogP contribution < -0.4 is 5.32 Å². The van der Waals surface area contributed by atoms with Gasteiger partial charge in [-0.1, -0.05) is 25.5 Å². The second-order valence-corrected chi connectivity index (χ2v) is 6.75. The summed E-state index contributed by atoms with van der Waals surface area (Å²) in [5, 5.41) is 3.67. The minimum atomic E-state index is 0.623. The van der Waals surface area contributed by atoms with E-state index in [1.165, 1.54) is 49.8 Å². The van der Waals surface area contributed by atoms with E-state index >= 15 is 0 Å². The Labute approximate surface area is 122 Å².